The van der Waals surface area contributed by atoms with Gasteiger partial charge in [-0.05, 0) is 52.6 Å². The van der Waals surface area contributed by atoms with Crippen LogP contribution in [0, 0.1) is 0 Å². The second-order valence-corrected chi connectivity index (χ2v) is 7.82. The van der Waals surface area contributed by atoms with E-state index in [1.54, 1.807) is 34.0 Å². The van der Waals surface area contributed by atoms with E-state index in [2.05, 4.69) is 30.5 Å². The second kappa shape index (κ2) is 9.44. The smallest absolute Gasteiger partial charge is 0.373 e. The fourth-order valence-electron chi connectivity index (χ4n) is 2.33. The third-order valence-corrected chi connectivity index (χ3v) is 6.85. The van der Waals surface area contributed by atoms with Gasteiger partial charge in [-0.1, -0.05) is 6.92 Å². The van der Waals surface area contributed by atoms with Gasteiger partial charge in [-0.25, -0.2) is 0 Å². The number of esters is 1. The van der Waals surface area contributed by atoms with E-state index in [0.717, 1.165) is 12.0 Å². The molecule has 0 spiro atoms. The van der Waals surface area contributed by atoms with Crippen molar-refractivity contribution in [2.45, 2.75) is 19.8 Å². The van der Waals surface area contributed by atoms with Crippen molar-refractivity contribution in [2.24, 2.45) is 0 Å². The highest BCUT2D eigenvalue weighted by atomic mass is 32.1. The Kier molecular flexibility index (Phi) is 7.28. The van der Waals surface area contributed by atoms with Crippen LogP contribution in [0.3, 0.4) is 0 Å². The summed E-state index contributed by atoms with van der Waals surface area (Å²) in [6.45, 7) is 2.19. The lowest BCUT2D eigenvalue weighted by molar-refractivity contribution is -0.191. The van der Waals surface area contributed by atoms with E-state index in [1.165, 1.54) is 32.2 Å². The van der Waals surface area contributed by atoms with Crippen molar-refractivity contribution < 1.29 is 19.1 Å². The van der Waals surface area contributed by atoms with Crippen LogP contribution in [0.25, 0.3) is 19.5 Å². The molecule has 7 heteroatoms. The molecular formula is C18H16O4S3. The Balaban J connectivity index is 0.000000701. The summed E-state index contributed by atoms with van der Waals surface area (Å²) in [4.78, 5) is 32.8. The van der Waals surface area contributed by atoms with Crippen molar-refractivity contribution in [2.75, 3.05) is 7.11 Å². The Morgan fingerprint density at radius 3 is 2.04 bits per heavy atom. The lowest BCUT2D eigenvalue weighted by atomic mass is 10.1. The summed E-state index contributed by atoms with van der Waals surface area (Å²) < 4.78 is 4.78. The maximum absolute atomic E-state index is 11.5. The molecule has 0 aromatic carbocycles. The van der Waals surface area contributed by atoms with Gasteiger partial charge in [0.1, 0.15) is 0 Å². The second-order valence-electron chi connectivity index (χ2n) is 4.90. The largest absolute Gasteiger partial charge is 0.469 e. The standard InChI is InChI=1S/C17H16O2S3.CO2/c1-3-11-6-8-20-16(11)13-4-5-14(22-13)17-12(7-9-21-17)10-15(18)19-2;2-1-3/h4-9H,3,10H2,1-2H3;. The van der Waals surface area contributed by atoms with Gasteiger partial charge >= 0.3 is 12.1 Å². The molecule has 0 fully saturated rings. The number of methoxy groups -OCH3 is 1. The first-order valence-corrected chi connectivity index (χ1v) is 10.0. The number of hydrogen-bond donors (Lipinski definition) is 0. The van der Waals surface area contributed by atoms with Gasteiger partial charge in [-0.3, -0.25) is 4.79 Å². The summed E-state index contributed by atoms with van der Waals surface area (Å²) in [7, 11) is 1.43. The molecule has 4 nitrogen and oxygen atoms in total. The maximum atomic E-state index is 11.5. The highest BCUT2D eigenvalue weighted by Gasteiger charge is 2.15. The molecule has 3 heterocycles. The lowest BCUT2D eigenvalue weighted by Crippen LogP contribution is -2.03. The third-order valence-electron chi connectivity index (χ3n) is 3.49. The molecular weight excluding hydrogens is 376 g/mol. The molecule has 0 aliphatic heterocycles. The van der Waals surface area contributed by atoms with Crippen LogP contribution in [-0.2, 0) is 32.0 Å². The quantitative estimate of drug-likeness (QED) is 0.580. The topological polar surface area (TPSA) is 60.4 Å². The summed E-state index contributed by atoms with van der Waals surface area (Å²) >= 11 is 5.27. The highest BCUT2D eigenvalue weighted by molar-refractivity contribution is 7.25. The lowest BCUT2D eigenvalue weighted by Gasteiger charge is -2.01. The van der Waals surface area contributed by atoms with Gasteiger partial charge in [-0.15, -0.1) is 34.0 Å². The van der Waals surface area contributed by atoms with E-state index in [-0.39, 0.29) is 12.1 Å². The molecule has 0 unspecified atom stereocenters. The van der Waals surface area contributed by atoms with E-state index in [9.17, 15) is 4.79 Å². The van der Waals surface area contributed by atoms with Crippen molar-refractivity contribution in [3.05, 3.63) is 46.2 Å². The molecule has 0 amide bonds. The Morgan fingerprint density at radius 2 is 1.52 bits per heavy atom. The Hall–Kier alpha value is -2.05. The van der Waals surface area contributed by atoms with Gasteiger partial charge < -0.3 is 4.74 Å². The summed E-state index contributed by atoms with van der Waals surface area (Å²) in [5, 5.41) is 4.19. The minimum absolute atomic E-state index is 0.192. The molecule has 0 bridgehead atoms. The molecule has 3 rings (SSSR count). The van der Waals surface area contributed by atoms with Gasteiger partial charge in [0.05, 0.1) is 13.5 Å². The Morgan fingerprint density at radius 1 is 1.00 bits per heavy atom. The average Bonchev–Trinajstić information content (AvgIpc) is 3.34. The van der Waals surface area contributed by atoms with Gasteiger partial charge in [0.2, 0.25) is 0 Å². The summed E-state index contributed by atoms with van der Waals surface area (Å²) in [5.74, 6) is -0.192. The number of thiophene rings is 3. The highest BCUT2D eigenvalue weighted by Crippen LogP contribution is 2.41. The minimum Gasteiger partial charge on any atom is -0.469 e. The van der Waals surface area contributed by atoms with E-state index >= 15 is 0 Å². The number of carbonyl (C=O) groups is 1. The van der Waals surface area contributed by atoms with Crippen LogP contribution in [0.5, 0.6) is 0 Å². The van der Waals surface area contributed by atoms with E-state index in [4.69, 9.17) is 14.3 Å². The SMILES string of the molecule is CCc1ccsc1-c1ccc(-c2sccc2CC(=O)OC)s1.O=C=O. The summed E-state index contributed by atoms with van der Waals surface area (Å²) in [5.41, 5.74) is 2.45. The predicted molar refractivity (Wildman–Crippen MR) is 101 cm³/mol. The van der Waals surface area contributed by atoms with Crippen molar-refractivity contribution in [3.63, 3.8) is 0 Å². The molecule has 0 aliphatic rings. The molecule has 3 aromatic heterocycles. The third kappa shape index (κ3) is 4.74. The molecule has 25 heavy (non-hydrogen) atoms. The van der Waals surface area contributed by atoms with Crippen LogP contribution in [-0.4, -0.2) is 19.2 Å². The van der Waals surface area contributed by atoms with Crippen molar-refractivity contribution in [1.82, 2.24) is 0 Å². The first-order valence-electron chi connectivity index (χ1n) is 7.44. The molecule has 0 aliphatic carbocycles. The minimum atomic E-state index is -0.192. The maximum Gasteiger partial charge on any atom is 0.373 e. The van der Waals surface area contributed by atoms with Crippen molar-refractivity contribution >= 4 is 46.1 Å². The van der Waals surface area contributed by atoms with Gasteiger partial charge in [0, 0.05) is 19.5 Å². The molecule has 0 saturated carbocycles. The van der Waals surface area contributed by atoms with Gasteiger partial charge in [-0.2, -0.15) is 9.59 Å². The van der Waals surface area contributed by atoms with Crippen LogP contribution >= 0.6 is 34.0 Å². The summed E-state index contributed by atoms with van der Waals surface area (Å²) in [6, 6.07) is 8.56. The first kappa shape index (κ1) is 19.3. The number of hydrogen-bond acceptors (Lipinski definition) is 7. The molecule has 3 aromatic rings. The first-order chi connectivity index (χ1) is 12.1. The Labute approximate surface area is 157 Å². The number of aryl methyl sites for hydroxylation is 1. The van der Waals surface area contributed by atoms with E-state index in [0.29, 0.717) is 6.42 Å². The monoisotopic (exact) mass is 392 g/mol. The fourth-order valence-corrected chi connectivity index (χ4v) is 5.59. The van der Waals surface area contributed by atoms with Crippen LogP contribution in [0.4, 0.5) is 0 Å². The van der Waals surface area contributed by atoms with E-state index < -0.39 is 0 Å². The van der Waals surface area contributed by atoms with Crippen molar-refractivity contribution in [3.8, 4) is 19.5 Å². The predicted octanol–water partition coefficient (Wildman–Crippen LogP) is 4.90. The van der Waals surface area contributed by atoms with Crippen LogP contribution < -0.4 is 0 Å². The normalized spacial score (nSPS) is 9.84. The molecule has 130 valence electrons. The van der Waals surface area contributed by atoms with E-state index in [1.807, 2.05) is 11.4 Å². The van der Waals surface area contributed by atoms with Crippen molar-refractivity contribution in [1.29, 1.82) is 0 Å². The molecule has 0 N–H and O–H groups in total. The van der Waals surface area contributed by atoms with Gasteiger partial charge in [0.15, 0.2) is 0 Å². The van der Waals surface area contributed by atoms with Gasteiger partial charge in [0.25, 0.3) is 0 Å². The van der Waals surface area contributed by atoms with Crippen LogP contribution in [0.2, 0.25) is 0 Å². The Bertz CT molecular complexity index is 866. The molecule has 0 atom stereocenters. The zero-order valence-electron chi connectivity index (χ0n) is 13.7. The van der Waals surface area contributed by atoms with Crippen LogP contribution in [0.1, 0.15) is 18.1 Å². The molecule has 0 radical (unpaired) electrons. The van der Waals surface area contributed by atoms with Crippen LogP contribution in [0.15, 0.2) is 35.0 Å². The number of carbonyl (C=O) groups excluding carboxylic acids is 3. The number of ether oxygens (including phenoxy) is 1. The summed E-state index contributed by atoms with van der Waals surface area (Å²) in [6.07, 6.45) is 1.64. The average molecular weight is 393 g/mol. The molecule has 0 saturated heterocycles. The fraction of sp³-hybridized carbons (Fsp3) is 0.222. The number of rotatable bonds is 5. The zero-order valence-corrected chi connectivity index (χ0v) is 16.2. The zero-order chi connectivity index (χ0) is 18.2.